The van der Waals surface area contributed by atoms with Crippen molar-refractivity contribution < 1.29 is 4.79 Å². The van der Waals surface area contributed by atoms with Crippen molar-refractivity contribution in [2.24, 2.45) is 11.7 Å². The van der Waals surface area contributed by atoms with Crippen LogP contribution in [-0.4, -0.2) is 40.1 Å². The van der Waals surface area contributed by atoms with Crippen LogP contribution in [0.25, 0.3) is 11.0 Å². The summed E-state index contributed by atoms with van der Waals surface area (Å²) in [6, 6.07) is 12.8. The monoisotopic (exact) mass is 431 g/mol. The van der Waals surface area contributed by atoms with Gasteiger partial charge in [0.1, 0.15) is 0 Å². The Hall–Kier alpha value is -2.28. The summed E-state index contributed by atoms with van der Waals surface area (Å²) in [6.07, 6.45) is 2.15. The summed E-state index contributed by atoms with van der Waals surface area (Å²) < 4.78 is 1.44. The first-order valence-electron chi connectivity index (χ1n) is 9.68. The maximum Gasteiger partial charge on any atom is 0.326 e. The van der Waals surface area contributed by atoms with Gasteiger partial charge in [-0.15, -0.1) is 0 Å². The second-order valence-electron chi connectivity index (χ2n) is 7.45. The zero-order chi connectivity index (χ0) is 20.4. The maximum atomic E-state index is 11.9. The van der Waals surface area contributed by atoms with Gasteiger partial charge in [-0.25, -0.2) is 14.3 Å². The second kappa shape index (κ2) is 8.61. The lowest BCUT2D eigenvalue weighted by atomic mass is 9.96. The minimum atomic E-state index is -0.530. The first-order valence-corrected chi connectivity index (χ1v) is 10.4. The van der Waals surface area contributed by atoms with Crippen molar-refractivity contribution in [2.75, 3.05) is 25.0 Å². The molecule has 2 aromatic carbocycles. The molecule has 3 N–H and O–H groups in total. The molecule has 0 saturated carbocycles. The first-order chi connectivity index (χ1) is 14.0. The molecule has 3 aromatic rings. The lowest BCUT2D eigenvalue weighted by Gasteiger charge is -2.32. The number of amides is 1. The third-order valence-electron chi connectivity index (χ3n) is 5.43. The van der Waals surface area contributed by atoms with Crippen LogP contribution in [0.2, 0.25) is 10.0 Å². The Kier molecular flexibility index (Phi) is 5.94. The largest absolute Gasteiger partial charge is 0.355 e. The maximum absolute atomic E-state index is 11.9. The Bertz CT molecular complexity index is 1030. The predicted octanol–water partition coefficient (Wildman–Crippen LogP) is 4.59. The number of imidazole rings is 1. The topological polar surface area (TPSA) is 76.2 Å². The zero-order valence-corrected chi connectivity index (χ0v) is 17.5. The van der Waals surface area contributed by atoms with E-state index < -0.39 is 6.03 Å². The van der Waals surface area contributed by atoms with E-state index in [0.29, 0.717) is 21.9 Å². The Balaban J connectivity index is 1.33. The average Bonchev–Trinajstić information content (AvgIpc) is 3.09. The van der Waals surface area contributed by atoms with Crippen LogP contribution in [0.5, 0.6) is 0 Å². The van der Waals surface area contributed by atoms with E-state index in [0.717, 1.165) is 50.1 Å². The number of primary amides is 1. The van der Waals surface area contributed by atoms with Crippen LogP contribution >= 0.6 is 23.2 Å². The molecule has 0 radical (unpaired) electrons. The summed E-state index contributed by atoms with van der Waals surface area (Å²) in [4.78, 5) is 18.8. The van der Waals surface area contributed by atoms with Crippen LogP contribution in [0, 0.1) is 5.92 Å². The molecule has 0 spiro atoms. The number of likely N-dealkylation sites (tertiary alicyclic amines) is 1. The van der Waals surface area contributed by atoms with Gasteiger partial charge in [-0.1, -0.05) is 41.4 Å². The lowest BCUT2D eigenvalue weighted by Crippen LogP contribution is -2.35. The number of nitrogens with two attached hydrogens (primary N) is 1. The molecule has 8 heteroatoms. The van der Waals surface area contributed by atoms with Crippen molar-refractivity contribution in [3.63, 3.8) is 0 Å². The van der Waals surface area contributed by atoms with Crippen molar-refractivity contribution in [2.45, 2.75) is 19.4 Å². The molecule has 29 heavy (non-hydrogen) atoms. The molecule has 6 nitrogen and oxygen atoms in total. The van der Waals surface area contributed by atoms with Gasteiger partial charge in [-0.3, -0.25) is 4.90 Å². The van der Waals surface area contributed by atoms with Crippen LogP contribution < -0.4 is 11.1 Å². The normalized spacial score (nSPS) is 15.7. The molecule has 1 saturated heterocycles. The molecule has 1 fully saturated rings. The minimum Gasteiger partial charge on any atom is -0.355 e. The van der Waals surface area contributed by atoms with E-state index in [1.54, 1.807) is 0 Å². The quantitative estimate of drug-likeness (QED) is 0.618. The smallest absolute Gasteiger partial charge is 0.326 e. The van der Waals surface area contributed by atoms with Crippen molar-refractivity contribution in [3.05, 3.63) is 58.1 Å². The van der Waals surface area contributed by atoms with Crippen molar-refractivity contribution in [3.8, 4) is 0 Å². The van der Waals surface area contributed by atoms with Crippen molar-refractivity contribution in [1.82, 2.24) is 14.5 Å². The van der Waals surface area contributed by atoms with Gasteiger partial charge in [-0.05, 0) is 61.7 Å². The zero-order valence-electron chi connectivity index (χ0n) is 15.9. The fourth-order valence-electron chi connectivity index (χ4n) is 3.85. The number of fused-ring (bicyclic) bond motifs is 1. The van der Waals surface area contributed by atoms with E-state index in [1.165, 1.54) is 10.1 Å². The molecule has 1 amide bonds. The number of carbonyl (C=O) groups is 1. The number of carbonyl (C=O) groups excluding carboxylic acids is 1. The van der Waals surface area contributed by atoms with Crippen molar-refractivity contribution in [1.29, 1.82) is 0 Å². The molecule has 1 aliphatic rings. The fraction of sp³-hybridized carbons (Fsp3) is 0.333. The highest BCUT2D eigenvalue weighted by molar-refractivity contribution is 6.42. The molecule has 0 aliphatic carbocycles. The third-order valence-corrected chi connectivity index (χ3v) is 6.17. The SMILES string of the molecule is NC(=O)n1c(NCC2CCN(Cc3ccc(Cl)c(Cl)c3)CC2)nc2ccccc21. The van der Waals surface area contributed by atoms with Crippen LogP contribution in [-0.2, 0) is 6.54 Å². The number of halogens is 2. The third kappa shape index (κ3) is 4.50. The summed E-state index contributed by atoms with van der Waals surface area (Å²) in [7, 11) is 0. The average molecular weight is 432 g/mol. The van der Waals surface area contributed by atoms with E-state index in [1.807, 2.05) is 42.5 Å². The van der Waals surface area contributed by atoms with Gasteiger partial charge in [0, 0.05) is 13.1 Å². The molecular formula is C21H23Cl2N5O. The number of nitrogens with one attached hydrogen (secondary N) is 1. The summed E-state index contributed by atoms with van der Waals surface area (Å²) >= 11 is 12.1. The Morgan fingerprint density at radius 3 is 2.62 bits per heavy atom. The number of benzene rings is 2. The molecule has 0 unspecified atom stereocenters. The number of anilines is 1. The molecule has 2 heterocycles. The number of aromatic nitrogens is 2. The van der Waals surface area contributed by atoms with E-state index in [4.69, 9.17) is 28.9 Å². The summed E-state index contributed by atoms with van der Waals surface area (Å²) in [5.41, 5.74) is 8.21. The highest BCUT2D eigenvalue weighted by Crippen LogP contribution is 2.25. The number of para-hydroxylation sites is 2. The fourth-order valence-corrected chi connectivity index (χ4v) is 4.17. The van der Waals surface area contributed by atoms with E-state index >= 15 is 0 Å². The van der Waals surface area contributed by atoms with Gasteiger partial charge >= 0.3 is 6.03 Å². The molecule has 1 aromatic heterocycles. The first kappa shape index (κ1) is 20.0. The Labute approximate surface area is 179 Å². The van der Waals surface area contributed by atoms with Gasteiger partial charge in [-0.2, -0.15) is 0 Å². The van der Waals surface area contributed by atoms with Crippen LogP contribution in [0.1, 0.15) is 18.4 Å². The van der Waals surface area contributed by atoms with Gasteiger partial charge < -0.3 is 11.1 Å². The lowest BCUT2D eigenvalue weighted by molar-refractivity contribution is 0.182. The highest BCUT2D eigenvalue weighted by atomic mass is 35.5. The second-order valence-corrected chi connectivity index (χ2v) is 8.26. The number of nitrogens with zero attached hydrogens (tertiary/aromatic N) is 3. The van der Waals surface area contributed by atoms with Gasteiger partial charge in [0.2, 0.25) is 5.95 Å². The van der Waals surface area contributed by atoms with E-state index in [-0.39, 0.29) is 0 Å². The standard InChI is InChI=1S/C21H23Cl2N5O/c22-16-6-5-15(11-17(16)23)13-27-9-7-14(8-10-27)12-25-21-26-18-3-1-2-4-19(18)28(21)20(24)29/h1-6,11,14H,7-10,12-13H2,(H2,24,29)(H,25,26). The van der Waals surface area contributed by atoms with E-state index in [2.05, 4.69) is 15.2 Å². The van der Waals surface area contributed by atoms with Crippen LogP contribution in [0.15, 0.2) is 42.5 Å². The molecule has 152 valence electrons. The Morgan fingerprint density at radius 2 is 1.90 bits per heavy atom. The van der Waals surface area contributed by atoms with E-state index in [9.17, 15) is 4.79 Å². The molecule has 0 bridgehead atoms. The van der Waals surface area contributed by atoms with Crippen LogP contribution in [0.3, 0.4) is 0 Å². The molecule has 4 rings (SSSR count). The predicted molar refractivity (Wildman–Crippen MR) is 118 cm³/mol. The number of rotatable bonds is 5. The molecule has 0 atom stereocenters. The summed E-state index contributed by atoms with van der Waals surface area (Å²) in [5.74, 6) is 1.03. The molecular weight excluding hydrogens is 409 g/mol. The number of hydrogen-bond donors (Lipinski definition) is 2. The minimum absolute atomic E-state index is 0.511. The van der Waals surface area contributed by atoms with Gasteiger partial charge in [0.05, 0.1) is 21.1 Å². The van der Waals surface area contributed by atoms with Gasteiger partial charge in [0.25, 0.3) is 0 Å². The Morgan fingerprint density at radius 1 is 1.14 bits per heavy atom. The highest BCUT2D eigenvalue weighted by Gasteiger charge is 2.21. The van der Waals surface area contributed by atoms with Crippen LogP contribution in [0.4, 0.5) is 10.7 Å². The number of hydrogen-bond acceptors (Lipinski definition) is 4. The van der Waals surface area contributed by atoms with Gasteiger partial charge in [0.15, 0.2) is 0 Å². The van der Waals surface area contributed by atoms with Crippen molar-refractivity contribution >= 4 is 46.2 Å². The molecule has 1 aliphatic heterocycles. The summed E-state index contributed by atoms with van der Waals surface area (Å²) in [5, 5.41) is 4.52. The summed E-state index contributed by atoms with van der Waals surface area (Å²) in [6.45, 7) is 3.66. The number of piperidine rings is 1.